The highest BCUT2D eigenvalue weighted by Gasteiger charge is 2.35. The second-order valence-electron chi connectivity index (χ2n) is 10.1. The number of hydrogen-bond donors (Lipinski definition) is 3. The monoisotopic (exact) mass is 604 g/mol. The van der Waals surface area contributed by atoms with E-state index in [-0.39, 0.29) is 37.2 Å². The van der Waals surface area contributed by atoms with Crippen LogP contribution in [0.3, 0.4) is 0 Å². The Morgan fingerprint density at radius 3 is 2.31 bits per heavy atom. The fourth-order valence-corrected chi connectivity index (χ4v) is 6.14. The molecule has 3 heterocycles. The van der Waals surface area contributed by atoms with Gasteiger partial charge < -0.3 is 25.2 Å². The number of hydrogen-bond acceptors (Lipinski definition) is 10. The molecule has 0 amide bonds. The number of aliphatic hydroxyl groups is 1. The van der Waals surface area contributed by atoms with Crippen molar-refractivity contribution in [2.75, 3.05) is 44.6 Å². The Morgan fingerprint density at radius 2 is 1.69 bits per heavy atom. The van der Waals surface area contributed by atoms with Gasteiger partial charge in [0, 0.05) is 51.2 Å². The van der Waals surface area contributed by atoms with E-state index in [9.17, 15) is 18.3 Å². The Bertz CT molecular complexity index is 1510. The van der Waals surface area contributed by atoms with Crippen molar-refractivity contribution in [2.24, 2.45) is 5.92 Å². The molecule has 0 fully saturated rings. The lowest BCUT2D eigenvalue weighted by atomic mass is 9.84. The summed E-state index contributed by atoms with van der Waals surface area (Å²) >= 11 is 1.48. The van der Waals surface area contributed by atoms with Crippen molar-refractivity contribution in [2.45, 2.75) is 45.8 Å². The number of aryl methyl sites for hydroxylation is 2. The molecule has 0 aliphatic rings. The van der Waals surface area contributed by atoms with E-state index >= 15 is 0 Å². The summed E-state index contributed by atoms with van der Waals surface area (Å²) < 4.78 is 53.4. The Hall–Kier alpha value is -3.39. The average Bonchev–Trinajstić information content (AvgIpc) is 3.35. The number of halogens is 3. The van der Waals surface area contributed by atoms with E-state index in [0.29, 0.717) is 53.6 Å². The van der Waals surface area contributed by atoms with E-state index in [1.807, 2.05) is 19.9 Å². The smallest absolute Gasteiger partial charge is 0.225 e. The maximum Gasteiger partial charge on any atom is 0.225 e. The van der Waals surface area contributed by atoms with Gasteiger partial charge in [0.15, 0.2) is 0 Å². The number of nitrogens with one attached hydrogen (secondary N) is 2. The first kappa shape index (κ1) is 31.5. The van der Waals surface area contributed by atoms with Crippen LogP contribution in [0.15, 0.2) is 24.4 Å². The van der Waals surface area contributed by atoms with E-state index in [4.69, 9.17) is 14.5 Å². The summed E-state index contributed by atoms with van der Waals surface area (Å²) in [5, 5.41) is 18.1. The largest absolute Gasteiger partial charge is 0.385 e. The third-order valence-corrected chi connectivity index (χ3v) is 8.19. The molecule has 0 bridgehead atoms. The fourth-order valence-electron chi connectivity index (χ4n) is 5.03. The molecule has 9 nitrogen and oxygen atoms in total. The van der Waals surface area contributed by atoms with Crippen molar-refractivity contribution < 1.29 is 27.8 Å². The molecule has 3 aromatic heterocycles. The van der Waals surface area contributed by atoms with Gasteiger partial charge in [0.1, 0.15) is 39.4 Å². The highest BCUT2D eigenvalue weighted by molar-refractivity contribution is 7.21. The minimum Gasteiger partial charge on any atom is -0.385 e. The van der Waals surface area contributed by atoms with Crippen molar-refractivity contribution in [1.29, 1.82) is 0 Å². The number of ether oxygens (including phenoxy) is 2. The third-order valence-electron chi connectivity index (χ3n) is 7.15. The number of thiazole rings is 1. The topological polar surface area (TPSA) is 114 Å². The first-order valence-corrected chi connectivity index (χ1v) is 14.3. The zero-order chi connectivity index (χ0) is 30.4. The first-order valence-electron chi connectivity index (χ1n) is 13.5. The predicted molar refractivity (Wildman–Crippen MR) is 157 cm³/mol. The molecule has 4 rings (SSSR count). The van der Waals surface area contributed by atoms with Crippen molar-refractivity contribution >= 4 is 33.3 Å². The molecule has 0 aliphatic carbocycles. The Balaban J connectivity index is 1.66. The lowest BCUT2D eigenvalue weighted by molar-refractivity contribution is -0.115. The molecule has 0 spiro atoms. The molecule has 0 aliphatic heterocycles. The average molecular weight is 605 g/mol. The fraction of sp³-hybridized carbons (Fsp3) is 0.448. The molecular formula is C29H35F3N6O3S. The van der Waals surface area contributed by atoms with Gasteiger partial charge in [0.25, 0.3) is 0 Å². The number of pyridine rings is 1. The molecule has 1 unspecified atom stereocenters. The molecule has 0 saturated heterocycles. The summed E-state index contributed by atoms with van der Waals surface area (Å²) in [5.74, 6) is -2.55. The highest BCUT2D eigenvalue weighted by Crippen LogP contribution is 2.37. The van der Waals surface area contributed by atoms with Crippen LogP contribution in [0.2, 0.25) is 0 Å². The molecule has 42 heavy (non-hydrogen) atoms. The molecule has 13 heteroatoms. The summed E-state index contributed by atoms with van der Waals surface area (Å²) in [6.45, 7) is 6.08. The molecule has 1 atom stereocenters. The van der Waals surface area contributed by atoms with Crippen LogP contribution >= 0.6 is 11.3 Å². The molecule has 3 N–H and O–H groups in total. The number of benzene rings is 1. The summed E-state index contributed by atoms with van der Waals surface area (Å²) in [4.78, 5) is 18.3. The van der Waals surface area contributed by atoms with Crippen LogP contribution in [0, 0.1) is 37.2 Å². The number of methoxy groups -OCH3 is 2. The van der Waals surface area contributed by atoms with Crippen LogP contribution in [0.25, 0.3) is 20.8 Å². The van der Waals surface area contributed by atoms with Gasteiger partial charge in [-0.05, 0) is 32.3 Å². The minimum atomic E-state index is -1.17. The zero-order valence-electron chi connectivity index (χ0n) is 24.2. The number of rotatable bonds is 14. The molecular weight excluding hydrogens is 569 g/mol. The molecule has 0 radical (unpaired) electrons. The van der Waals surface area contributed by atoms with Crippen LogP contribution in [0.4, 0.5) is 24.9 Å². The molecule has 0 saturated carbocycles. The van der Waals surface area contributed by atoms with Crippen molar-refractivity contribution in [3.63, 3.8) is 0 Å². The van der Waals surface area contributed by atoms with Crippen LogP contribution in [-0.4, -0.2) is 64.6 Å². The van der Waals surface area contributed by atoms with Gasteiger partial charge in [-0.2, -0.15) is 4.98 Å². The summed E-state index contributed by atoms with van der Waals surface area (Å²) in [7, 11) is 3.07. The van der Waals surface area contributed by atoms with Crippen LogP contribution in [0.1, 0.15) is 36.7 Å². The third kappa shape index (κ3) is 6.97. The van der Waals surface area contributed by atoms with Crippen LogP contribution in [-0.2, 0) is 16.0 Å². The predicted octanol–water partition coefficient (Wildman–Crippen LogP) is 5.65. The van der Waals surface area contributed by atoms with Gasteiger partial charge in [0.05, 0.1) is 34.9 Å². The lowest BCUT2D eigenvalue weighted by Crippen LogP contribution is -2.47. The van der Waals surface area contributed by atoms with Gasteiger partial charge in [-0.25, -0.2) is 23.1 Å². The summed E-state index contributed by atoms with van der Waals surface area (Å²) in [6, 6.07) is 3.16. The van der Waals surface area contributed by atoms with E-state index < -0.39 is 23.1 Å². The van der Waals surface area contributed by atoms with Crippen LogP contribution in [0.5, 0.6) is 0 Å². The van der Waals surface area contributed by atoms with Gasteiger partial charge in [0.2, 0.25) is 5.95 Å². The second kappa shape index (κ2) is 13.7. The van der Waals surface area contributed by atoms with Crippen molar-refractivity contribution in [1.82, 2.24) is 19.9 Å². The minimum absolute atomic E-state index is 0.126. The zero-order valence-corrected chi connectivity index (χ0v) is 25.0. The molecule has 226 valence electrons. The normalized spacial score (nSPS) is 12.6. The van der Waals surface area contributed by atoms with Crippen LogP contribution < -0.4 is 10.6 Å². The highest BCUT2D eigenvalue weighted by atomic mass is 32.1. The van der Waals surface area contributed by atoms with Crippen molar-refractivity contribution in [3.05, 3.63) is 58.8 Å². The quantitative estimate of drug-likeness (QED) is 0.168. The first-order chi connectivity index (χ1) is 20.1. The number of nitrogens with zero attached hydrogens (tertiary/aromatic N) is 4. The Morgan fingerprint density at radius 1 is 1.00 bits per heavy atom. The molecule has 4 aromatic rings. The maximum absolute atomic E-state index is 14.3. The van der Waals surface area contributed by atoms with Gasteiger partial charge in [-0.3, -0.25) is 4.98 Å². The van der Waals surface area contributed by atoms with E-state index in [1.54, 1.807) is 13.1 Å². The second-order valence-corrected chi connectivity index (χ2v) is 11.1. The number of aromatic nitrogens is 4. The Labute approximate surface area is 246 Å². The van der Waals surface area contributed by atoms with Crippen molar-refractivity contribution in [3.8, 4) is 10.6 Å². The van der Waals surface area contributed by atoms with Gasteiger partial charge >= 0.3 is 0 Å². The maximum atomic E-state index is 14.3. The van der Waals surface area contributed by atoms with E-state index in [0.717, 1.165) is 15.9 Å². The molecule has 1 aromatic carbocycles. The van der Waals surface area contributed by atoms with Gasteiger partial charge in [-0.15, -0.1) is 11.3 Å². The SMILES string of the molecule is CCC(CCNc1nc(NCc2c(F)cc(F)cc2F)nc(C)c1-c1nc2c(C)nccc2s1)C(O)(COC)COC. The summed E-state index contributed by atoms with van der Waals surface area (Å²) in [5.41, 5.74) is 1.34. The lowest BCUT2D eigenvalue weighted by Gasteiger charge is -2.34. The van der Waals surface area contributed by atoms with E-state index in [2.05, 4.69) is 25.6 Å². The van der Waals surface area contributed by atoms with Gasteiger partial charge in [-0.1, -0.05) is 13.3 Å². The number of fused-ring (bicyclic) bond motifs is 1. The van der Waals surface area contributed by atoms with E-state index in [1.165, 1.54) is 25.6 Å². The standard InChI is InChI=1S/C29H35F3N6O3S/c1-6-18(29(39,14-40-4)15-41-5)7-9-34-26-24(27-37-25-17(3)33-10-8-23(25)42-27)16(2)36-28(38-26)35-13-20-21(31)11-19(30)12-22(20)32/h8,10-12,18,39H,6-7,9,13-15H2,1-5H3,(H2,34,35,36,38). The summed E-state index contributed by atoms with van der Waals surface area (Å²) in [6.07, 6.45) is 2.99. The number of anilines is 2. The Kier molecular flexibility index (Phi) is 10.3.